The van der Waals surface area contributed by atoms with Crippen LogP contribution in [-0.4, -0.2) is 62.7 Å². The van der Waals surface area contributed by atoms with Crippen LogP contribution in [0.4, 0.5) is 0 Å². The maximum Gasteiger partial charge on any atom is 0.318 e. The number of hydrogen-bond acceptors (Lipinski definition) is 7. The zero-order valence-electron chi connectivity index (χ0n) is 9.89. The highest BCUT2D eigenvalue weighted by molar-refractivity contribution is 5.68. The summed E-state index contributed by atoms with van der Waals surface area (Å²) in [5.41, 5.74) is 1.30. The Morgan fingerprint density at radius 2 is 2.16 bits per heavy atom. The maximum atomic E-state index is 9.65. The molecule has 0 aliphatic carbocycles. The minimum atomic E-state index is -0.590. The number of aromatic amines is 1. The molecule has 4 atom stereocenters. The minimum Gasteiger partial charge on any atom is -0.455 e. The van der Waals surface area contributed by atoms with Gasteiger partial charge in [-0.2, -0.15) is 4.98 Å². The molecule has 0 bridgehead atoms. The summed E-state index contributed by atoms with van der Waals surface area (Å²) in [6.45, 7) is 0.628. The summed E-state index contributed by atoms with van der Waals surface area (Å²) in [6.07, 6.45) is 1.68. The highest BCUT2D eigenvalue weighted by Gasteiger charge is 2.48. The van der Waals surface area contributed by atoms with E-state index in [1.54, 1.807) is 12.5 Å². The molecule has 2 aromatic heterocycles. The van der Waals surface area contributed by atoms with Crippen LogP contribution in [-0.2, 0) is 9.47 Å². The first-order chi connectivity index (χ1) is 9.31. The molecule has 2 aliphatic rings. The lowest BCUT2D eigenvalue weighted by Crippen LogP contribution is -2.34. The van der Waals surface area contributed by atoms with Crippen LogP contribution >= 0.6 is 0 Å². The highest BCUT2D eigenvalue weighted by atomic mass is 16.6. The number of aliphatic hydroxyl groups excluding tert-OH is 1. The van der Waals surface area contributed by atoms with Crippen molar-refractivity contribution in [1.82, 2.24) is 19.9 Å². The Morgan fingerprint density at radius 3 is 3.11 bits per heavy atom. The number of nitrogens with zero attached hydrogens (tertiary/aromatic N) is 3. The van der Waals surface area contributed by atoms with Crippen molar-refractivity contribution in [1.29, 1.82) is 0 Å². The highest BCUT2D eigenvalue weighted by Crippen LogP contribution is 2.29. The average molecular weight is 264 g/mol. The molecule has 100 valence electrons. The first-order valence-electron chi connectivity index (χ1n) is 6.05. The quantitative estimate of drug-likeness (QED) is 0.736. The molecule has 2 saturated heterocycles. The summed E-state index contributed by atoms with van der Waals surface area (Å²) in [5.74, 6) is 0. The van der Waals surface area contributed by atoms with Gasteiger partial charge in [0, 0.05) is 0 Å². The van der Waals surface area contributed by atoms with Gasteiger partial charge in [-0.1, -0.05) is 0 Å². The van der Waals surface area contributed by atoms with Gasteiger partial charge in [0.05, 0.1) is 25.7 Å². The molecule has 4 heterocycles. The largest absolute Gasteiger partial charge is 0.455 e. The SMILES string of the molecule is O[C@@H]1CO[C@H]2[C@@H]1OC[C@@H]2Oc1ncc2[nH]cnc2n1. The molecule has 0 amide bonds. The van der Waals surface area contributed by atoms with Crippen LogP contribution in [0.1, 0.15) is 0 Å². The molecule has 2 fully saturated rings. The van der Waals surface area contributed by atoms with E-state index in [1.165, 1.54) is 0 Å². The van der Waals surface area contributed by atoms with Crippen molar-refractivity contribution in [2.75, 3.05) is 13.2 Å². The lowest BCUT2D eigenvalue weighted by molar-refractivity contribution is 0.00688. The normalized spacial score (nSPS) is 33.7. The number of hydrogen-bond donors (Lipinski definition) is 2. The van der Waals surface area contributed by atoms with E-state index in [2.05, 4.69) is 19.9 Å². The van der Waals surface area contributed by atoms with E-state index < -0.39 is 6.10 Å². The monoisotopic (exact) mass is 264 g/mol. The van der Waals surface area contributed by atoms with Gasteiger partial charge in [0.15, 0.2) is 11.8 Å². The predicted octanol–water partition coefficient (Wildman–Crippen LogP) is -0.741. The van der Waals surface area contributed by atoms with E-state index >= 15 is 0 Å². The second-order valence-corrected chi connectivity index (χ2v) is 4.61. The topological polar surface area (TPSA) is 102 Å². The van der Waals surface area contributed by atoms with Crippen LogP contribution in [0.25, 0.3) is 11.2 Å². The molecule has 8 nitrogen and oxygen atoms in total. The first-order valence-corrected chi connectivity index (χ1v) is 6.05. The molecular weight excluding hydrogens is 252 g/mol. The van der Waals surface area contributed by atoms with E-state index in [9.17, 15) is 5.11 Å². The Balaban J connectivity index is 1.55. The van der Waals surface area contributed by atoms with Gasteiger partial charge in [0.1, 0.15) is 23.8 Å². The third-order valence-electron chi connectivity index (χ3n) is 3.39. The van der Waals surface area contributed by atoms with Crippen LogP contribution in [0, 0.1) is 0 Å². The van der Waals surface area contributed by atoms with E-state index in [0.29, 0.717) is 12.3 Å². The molecule has 19 heavy (non-hydrogen) atoms. The number of rotatable bonds is 2. The molecule has 8 heteroatoms. The number of fused-ring (bicyclic) bond motifs is 2. The number of aromatic nitrogens is 4. The van der Waals surface area contributed by atoms with Crippen molar-refractivity contribution in [3.8, 4) is 6.01 Å². The lowest BCUT2D eigenvalue weighted by Gasteiger charge is -2.16. The van der Waals surface area contributed by atoms with Crippen molar-refractivity contribution in [2.24, 2.45) is 0 Å². The summed E-state index contributed by atoms with van der Waals surface area (Å²) in [6, 6.07) is 0.235. The van der Waals surface area contributed by atoms with Crippen LogP contribution in [0.3, 0.4) is 0 Å². The fraction of sp³-hybridized carbons (Fsp3) is 0.545. The molecule has 4 rings (SSSR count). The fourth-order valence-electron chi connectivity index (χ4n) is 2.46. The Morgan fingerprint density at radius 1 is 1.26 bits per heavy atom. The molecule has 0 spiro atoms. The van der Waals surface area contributed by atoms with E-state index in [0.717, 1.165) is 5.52 Å². The predicted molar refractivity (Wildman–Crippen MR) is 61.6 cm³/mol. The summed E-state index contributed by atoms with van der Waals surface area (Å²) in [7, 11) is 0. The number of ether oxygens (including phenoxy) is 3. The minimum absolute atomic E-state index is 0.235. The summed E-state index contributed by atoms with van der Waals surface area (Å²) in [4.78, 5) is 15.2. The number of imidazole rings is 1. The van der Waals surface area contributed by atoms with Crippen molar-refractivity contribution in [2.45, 2.75) is 24.4 Å². The Labute approximate surface area is 107 Å². The van der Waals surface area contributed by atoms with Crippen LogP contribution < -0.4 is 4.74 Å². The molecule has 0 radical (unpaired) electrons. The third kappa shape index (κ3) is 1.76. The zero-order valence-corrected chi connectivity index (χ0v) is 9.89. The van der Waals surface area contributed by atoms with Gasteiger partial charge >= 0.3 is 6.01 Å². The van der Waals surface area contributed by atoms with Gasteiger partial charge in [0.25, 0.3) is 0 Å². The smallest absolute Gasteiger partial charge is 0.318 e. The summed E-state index contributed by atoms with van der Waals surface area (Å²) < 4.78 is 16.6. The van der Waals surface area contributed by atoms with Crippen molar-refractivity contribution in [3.05, 3.63) is 12.5 Å². The van der Waals surface area contributed by atoms with Gasteiger partial charge in [0.2, 0.25) is 0 Å². The van der Waals surface area contributed by atoms with Gasteiger partial charge in [-0.25, -0.2) is 9.97 Å². The summed E-state index contributed by atoms with van der Waals surface area (Å²) >= 11 is 0. The maximum absolute atomic E-state index is 9.65. The third-order valence-corrected chi connectivity index (χ3v) is 3.39. The van der Waals surface area contributed by atoms with Gasteiger partial charge in [-0.3, -0.25) is 0 Å². The molecule has 2 aliphatic heterocycles. The fourth-order valence-corrected chi connectivity index (χ4v) is 2.46. The van der Waals surface area contributed by atoms with Crippen molar-refractivity contribution >= 4 is 11.2 Å². The van der Waals surface area contributed by atoms with Crippen LogP contribution in [0.15, 0.2) is 12.5 Å². The number of nitrogens with one attached hydrogen (secondary N) is 1. The van der Waals surface area contributed by atoms with Gasteiger partial charge < -0.3 is 24.3 Å². The first kappa shape index (κ1) is 11.1. The molecular formula is C11H12N4O4. The summed E-state index contributed by atoms with van der Waals surface area (Å²) in [5, 5.41) is 9.65. The Bertz CT molecular complexity index is 603. The molecule has 0 aromatic carbocycles. The molecule has 2 aromatic rings. The second kappa shape index (κ2) is 4.12. The number of H-pyrrole nitrogens is 1. The van der Waals surface area contributed by atoms with Gasteiger partial charge in [-0.05, 0) is 0 Å². The molecule has 0 unspecified atom stereocenters. The standard InChI is InChI=1S/C11H12N4O4/c16-6-2-17-9-7(3-18-8(6)9)19-11-12-1-5-10(15-11)14-4-13-5/h1,4,6-9,16H,2-3H2,(H,12,13,14,15)/t6-,7+,8-,9-/m1/s1. The molecule has 2 N–H and O–H groups in total. The van der Waals surface area contributed by atoms with E-state index in [1.807, 2.05) is 0 Å². The zero-order chi connectivity index (χ0) is 12.8. The van der Waals surface area contributed by atoms with E-state index in [4.69, 9.17) is 14.2 Å². The Kier molecular flexibility index (Phi) is 2.40. The van der Waals surface area contributed by atoms with Crippen molar-refractivity contribution in [3.63, 3.8) is 0 Å². The van der Waals surface area contributed by atoms with Crippen molar-refractivity contribution < 1.29 is 19.3 Å². The average Bonchev–Trinajstić information content (AvgIpc) is 3.09. The lowest BCUT2D eigenvalue weighted by atomic mass is 10.1. The number of aliphatic hydroxyl groups is 1. The van der Waals surface area contributed by atoms with Crippen LogP contribution in [0.5, 0.6) is 6.01 Å². The Hall–Kier alpha value is -1.77. The van der Waals surface area contributed by atoms with Crippen LogP contribution in [0.2, 0.25) is 0 Å². The van der Waals surface area contributed by atoms with E-state index in [-0.39, 0.29) is 30.9 Å². The van der Waals surface area contributed by atoms with Gasteiger partial charge in [-0.15, -0.1) is 0 Å². The molecule has 0 saturated carbocycles. The second-order valence-electron chi connectivity index (χ2n) is 4.61.